The molecule has 0 spiro atoms. The van der Waals surface area contributed by atoms with E-state index in [9.17, 15) is 12.8 Å². The van der Waals surface area contributed by atoms with Crippen LogP contribution in [0.25, 0.3) is 5.82 Å². The second kappa shape index (κ2) is 5.81. The van der Waals surface area contributed by atoms with Gasteiger partial charge in [0.15, 0.2) is 5.82 Å². The molecule has 0 saturated carbocycles. The highest BCUT2D eigenvalue weighted by Crippen LogP contribution is 2.18. The molecule has 0 radical (unpaired) electrons. The van der Waals surface area contributed by atoms with E-state index in [1.54, 1.807) is 31.3 Å². The average Bonchev–Trinajstić information content (AvgIpc) is 2.95. The van der Waals surface area contributed by atoms with Gasteiger partial charge in [0.05, 0.1) is 23.0 Å². The molecule has 0 fully saturated rings. The van der Waals surface area contributed by atoms with E-state index >= 15 is 0 Å². The maximum absolute atomic E-state index is 13.4. The van der Waals surface area contributed by atoms with Crippen LogP contribution in [0.1, 0.15) is 5.56 Å². The van der Waals surface area contributed by atoms with E-state index in [0.29, 0.717) is 11.4 Å². The number of halogens is 1. The lowest BCUT2D eigenvalue weighted by molar-refractivity contribution is 0.595. The van der Waals surface area contributed by atoms with Gasteiger partial charge in [0, 0.05) is 6.20 Å². The summed E-state index contributed by atoms with van der Waals surface area (Å²) in [7, 11) is -3.89. The molecule has 0 amide bonds. The van der Waals surface area contributed by atoms with Crippen LogP contribution >= 0.6 is 0 Å². The minimum Gasteiger partial charge on any atom is -0.276 e. The fourth-order valence-corrected chi connectivity index (χ4v) is 3.20. The Hall–Kier alpha value is -2.74. The van der Waals surface area contributed by atoms with E-state index in [0.717, 1.165) is 6.07 Å². The Labute approximate surface area is 132 Å². The molecule has 0 unspecified atom stereocenters. The van der Waals surface area contributed by atoms with Gasteiger partial charge >= 0.3 is 0 Å². The van der Waals surface area contributed by atoms with Gasteiger partial charge in [-0.3, -0.25) is 4.72 Å². The third kappa shape index (κ3) is 3.37. The van der Waals surface area contributed by atoms with E-state index in [4.69, 9.17) is 0 Å². The summed E-state index contributed by atoms with van der Waals surface area (Å²) < 4.78 is 41.9. The molecule has 23 heavy (non-hydrogen) atoms. The number of benzene rings is 1. The molecule has 2 heterocycles. The molecule has 2 aromatic heterocycles. The van der Waals surface area contributed by atoms with E-state index in [1.807, 2.05) is 0 Å². The zero-order chi connectivity index (χ0) is 16.4. The molecule has 3 rings (SSSR count). The molecule has 6 nitrogen and oxygen atoms in total. The summed E-state index contributed by atoms with van der Waals surface area (Å²) in [5.41, 5.74) is 0.784. The predicted octanol–water partition coefficient (Wildman–Crippen LogP) is 2.52. The highest BCUT2D eigenvalue weighted by atomic mass is 32.2. The van der Waals surface area contributed by atoms with Crippen LogP contribution in [0.5, 0.6) is 0 Å². The smallest absolute Gasteiger partial charge is 0.262 e. The second-order valence-corrected chi connectivity index (χ2v) is 6.61. The van der Waals surface area contributed by atoms with Gasteiger partial charge in [-0.05, 0) is 42.8 Å². The summed E-state index contributed by atoms with van der Waals surface area (Å²) in [6.07, 6.45) is 4.46. The van der Waals surface area contributed by atoms with Gasteiger partial charge in [-0.15, -0.1) is 0 Å². The Morgan fingerprint density at radius 2 is 2.04 bits per heavy atom. The van der Waals surface area contributed by atoms with Crippen molar-refractivity contribution < 1.29 is 12.8 Å². The van der Waals surface area contributed by atoms with Crippen LogP contribution in [0, 0.1) is 12.7 Å². The number of rotatable bonds is 4. The number of pyridine rings is 1. The fourth-order valence-electron chi connectivity index (χ4n) is 2.06. The first-order chi connectivity index (χ1) is 10.9. The molecule has 0 aliphatic rings. The third-order valence-electron chi connectivity index (χ3n) is 3.04. The minimum atomic E-state index is -3.89. The molecule has 0 aliphatic heterocycles. The molecule has 8 heteroatoms. The fraction of sp³-hybridized carbons (Fsp3) is 0.0667. The van der Waals surface area contributed by atoms with Gasteiger partial charge in [0.1, 0.15) is 5.82 Å². The number of aromatic nitrogens is 3. The first kappa shape index (κ1) is 15.2. The molecule has 0 atom stereocenters. The normalized spacial score (nSPS) is 11.4. The Bertz CT molecular complexity index is 919. The van der Waals surface area contributed by atoms with Crippen molar-refractivity contribution in [1.29, 1.82) is 0 Å². The Kier molecular flexibility index (Phi) is 3.83. The lowest BCUT2D eigenvalue weighted by Crippen LogP contribution is -2.13. The molecule has 0 saturated heterocycles. The van der Waals surface area contributed by atoms with Gasteiger partial charge in [-0.2, -0.15) is 5.10 Å². The van der Waals surface area contributed by atoms with Gasteiger partial charge in [0.25, 0.3) is 10.0 Å². The van der Waals surface area contributed by atoms with E-state index in [1.165, 1.54) is 29.2 Å². The quantitative estimate of drug-likeness (QED) is 0.796. The number of sulfonamides is 1. The van der Waals surface area contributed by atoms with Crippen LogP contribution in [-0.2, 0) is 10.0 Å². The maximum atomic E-state index is 13.4. The topological polar surface area (TPSA) is 76.9 Å². The molecule has 1 aromatic carbocycles. The lowest BCUT2D eigenvalue weighted by atomic mass is 10.2. The highest BCUT2D eigenvalue weighted by molar-refractivity contribution is 7.92. The van der Waals surface area contributed by atoms with Crippen LogP contribution < -0.4 is 4.72 Å². The lowest BCUT2D eigenvalue weighted by Gasteiger charge is -2.07. The van der Waals surface area contributed by atoms with E-state index in [-0.39, 0.29) is 10.6 Å². The summed E-state index contributed by atoms with van der Waals surface area (Å²) in [6.45, 7) is 1.63. The summed E-state index contributed by atoms with van der Waals surface area (Å²) in [5, 5.41) is 4.05. The van der Waals surface area contributed by atoms with Gasteiger partial charge in [-0.1, -0.05) is 6.07 Å². The van der Waals surface area contributed by atoms with Crippen molar-refractivity contribution in [3.8, 4) is 5.82 Å². The van der Waals surface area contributed by atoms with Crippen molar-refractivity contribution in [2.75, 3.05) is 4.72 Å². The summed E-state index contributed by atoms with van der Waals surface area (Å²) in [5.74, 6) is -0.0471. The zero-order valence-corrected chi connectivity index (χ0v) is 13.0. The van der Waals surface area contributed by atoms with Crippen LogP contribution in [0.4, 0.5) is 10.1 Å². The second-order valence-electron chi connectivity index (χ2n) is 4.93. The van der Waals surface area contributed by atoms with Crippen molar-refractivity contribution >= 4 is 15.7 Å². The standard InChI is InChI=1S/C15H13FN4O2S/c1-11-6-12(16)8-14(7-11)23(21,22)19-13-9-18-20(10-13)15-4-2-3-5-17-15/h2-10,19H,1H3. The van der Waals surface area contributed by atoms with Crippen molar-refractivity contribution in [2.24, 2.45) is 0 Å². The Morgan fingerprint density at radius 1 is 1.22 bits per heavy atom. The average molecular weight is 332 g/mol. The molecule has 3 aromatic rings. The largest absolute Gasteiger partial charge is 0.276 e. The zero-order valence-electron chi connectivity index (χ0n) is 12.1. The van der Waals surface area contributed by atoms with Crippen LogP contribution in [0.2, 0.25) is 0 Å². The van der Waals surface area contributed by atoms with Gasteiger partial charge < -0.3 is 0 Å². The van der Waals surface area contributed by atoms with Crippen molar-refractivity contribution in [3.63, 3.8) is 0 Å². The molecular formula is C15H13FN4O2S. The number of nitrogens with zero attached hydrogens (tertiary/aromatic N) is 3. The van der Waals surface area contributed by atoms with E-state index < -0.39 is 15.8 Å². The molecule has 0 aliphatic carbocycles. The highest BCUT2D eigenvalue weighted by Gasteiger charge is 2.17. The summed E-state index contributed by atoms with van der Waals surface area (Å²) in [4.78, 5) is 3.98. The molecular weight excluding hydrogens is 319 g/mol. The SMILES string of the molecule is Cc1cc(F)cc(S(=O)(=O)Nc2cnn(-c3ccccn3)c2)c1. The minimum absolute atomic E-state index is 0.138. The molecule has 118 valence electrons. The third-order valence-corrected chi connectivity index (χ3v) is 4.41. The summed E-state index contributed by atoms with van der Waals surface area (Å²) >= 11 is 0. The van der Waals surface area contributed by atoms with Crippen molar-refractivity contribution in [1.82, 2.24) is 14.8 Å². The Morgan fingerprint density at radius 3 is 2.74 bits per heavy atom. The van der Waals surface area contributed by atoms with Crippen LogP contribution in [-0.4, -0.2) is 23.2 Å². The van der Waals surface area contributed by atoms with E-state index in [2.05, 4.69) is 14.8 Å². The molecule has 1 N–H and O–H groups in total. The van der Waals surface area contributed by atoms with Gasteiger partial charge in [0.2, 0.25) is 0 Å². The number of nitrogens with one attached hydrogen (secondary N) is 1. The maximum Gasteiger partial charge on any atom is 0.262 e. The first-order valence-electron chi connectivity index (χ1n) is 6.70. The first-order valence-corrected chi connectivity index (χ1v) is 8.18. The van der Waals surface area contributed by atoms with Gasteiger partial charge in [-0.25, -0.2) is 22.5 Å². The number of aryl methyl sites for hydroxylation is 1. The predicted molar refractivity (Wildman–Crippen MR) is 83.3 cm³/mol. The monoisotopic (exact) mass is 332 g/mol. The number of hydrogen-bond acceptors (Lipinski definition) is 4. The Balaban J connectivity index is 1.88. The number of hydrogen-bond donors (Lipinski definition) is 1. The van der Waals surface area contributed by atoms with Crippen LogP contribution in [0.3, 0.4) is 0 Å². The van der Waals surface area contributed by atoms with Crippen LogP contribution in [0.15, 0.2) is 59.9 Å². The molecule has 0 bridgehead atoms. The van der Waals surface area contributed by atoms with Crippen molar-refractivity contribution in [2.45, 2.75) is 11.8 Å². The van der Waals surface area contributed by atoms with Crippen molar-refractivity contribution in [3.05, 3.63) is 66.4 Å². The number of anilines is 1. The summed E-state index contributed by atoms with van der Waals surface area (Å²) in [6, 6.07) is 8.93.